The number of aryl methyl sites for hydroxylation is 1. The first-order chi connectivity index (χ1) is 16.3. The second kappa shape index (κ2) is 10.4. The molecular weight excluding hydrogens is 436 g/mol. The van der Waals surface area contributed by atoms with Crippen LogP contribution < -0.4 is 14.7 Å². The number of furan rings is 1. The Morgan fingerprint density at radius 1 is 1.18 bits per heavy atom. The Hall–Kier alpha value is -3.10. The van der Waals surface area contributed by atoms with Gasteiger partial charge in [-0.05, 0) is 56.4 Å². The van der Waals surface area contributed by atoms with E-state index in [4.69, 9.17) is 13.9 Å². The van der Waals surface area contributed by atoms with Crippen molar-refractivity contribution in [3.63, 3.8) is 0 Å². The molecule has 0 saturated carbocycles. The number of carbonyl (C=O) groups excluding carboxylic acids is 2. The maximum absolute atomic E-state index is 13.3. The van der Waals surface area contributed by atoms with E-state index in [1.54, 1.807) is 31.2 Å². The number of quaternary nitrogens is 1. The third-order valence-corrected chi connectivity index (χ3v) is 6.19. The average Bonchev–Trinajstić information content (AvgIpc) is 3.36. The molecule has 4 rings (SSSR count). The van der Waals surface area contributed by atoms with E-state index >= 15 is 0 Å². The Labute approximate surface area is 199 Å². The molecule has 1 N–H and O–H groups in total. The molecule has 8 heteroatoms. The summed E-state index contributed by atoms with van der Waals surface area (Å²) in [6.07, 6.45) is 0.742. The molecule has 1 saturated heterocycles. The van der Waals surface area contributed by atoms with E-state index in [-0.39, 0.29) is 17.4 Å². The Morgan fingerprint density at radius 2 is 1.88 bits per heavy atom. The predicted octanol–water partition coefficient (Wildman–Crippen LogP) is 1.06. The van der Waals surface area contributed by atoms with Crippen LogP contribution in [0.2, 0.25) is 0 Å². The van der Waals surface area contributed by atoms with Crippen molar-refractivity contribution >= 4 is 11.7 Å². The van der Waals surface area contributed by atoms with Gasteiger partial charge in [0.2, 0.25) is 11.7 Å². The van der Waals surface area contributed by atoms with Crippen LogP contribution in [-0.2, 0) is 9.53 Å². The number of benzene rings is 1. The van der Waals surface area contributed by atoms with Gasteiger partial charge >= 0.3 is 0 Å². The van der Waals surface area contributed by atoms with Crippen molar-refractivity contribution in [1.82, 2.24) is 4.90 Å². The summed E-state index contributed by atoms with van der Waals surface area (Å²) in [7, 11) is 0. The van der Waals surface area contributed by atoms with Crippen LogP contribution in [0.15, 0.2) is 52.1 Å². The lowest BCUT2D eigenvalue weighted by molar-refractivity contribution is -0.908. The highest BCUT2D eigenvalue weighted by atomic mass is 16.5. The Balaban J connectivity index is 1.60. The molecule has 0 aliphatic carbocycles. The number of hydrogen-bond donors (Lipinski definition) is 1. The fourth-order valence-corrected chi connectivity index (χ4v) is 4.55. The number of Topliss-reactive ketones (excluding diaryl/α,β-unsaturated/α-hetero) is 1. The number of carbonyl (C=O) groups is 2. The first-order valence-electron chi connectivity index (χ1n) is 11.9. The van der Waals surface area contributed by atoms with Crippen LogP contribution in [0.1, 0.15) is 48.2 Å². The fraction of sp³-hybridized carbons (Fsp3) is 0.462. The van der Waals surface area contributed by atoms with Gasteiger partial charge in [0.05, 0.1) is 31.9 Å². The highest BCUT2D eigenvalue weighted by Crippen LogP contribution is 2.39. The molecule has 3 heterocycles. The van der Waals surface area contributed by atoms with Gasteiger partial charge < -0.3 is 28.8 Å². The lowest BCUT2D eigenvalue weighted by Crippen LogP contribution is -3.14. The largest absolute Gasteiger partial charge is 0.868 e. The van der Waals surface area contributed by atoms with Crippen LogP contribution in [0.3, 0.4) is 0 Å². The molecule has 0 radical (unpaired) electrons. The number of morpholine rings is 1. The maximum Gasteiger partial charge on any atom is 0.239 e. The Morgan fingerprint density at radius 3 is 2.50 bits per heavy atom. The van der Waals surface area contributed by atoms with Crippen molar-refractivity contribution in [3.05, 3.63) is 64.8 Å². The zero-order chi connectivity index (χ0) is 24.2. The lowest BCUT2D eigenvalue weighted by atomic mass is 9.95. The molecule has 8 nitrogen and oxygen atoms in total. The van der Waals surface area contributed by atoms with E-state index in [0.29, 0.717) is 23.6 Å². The number of rotatable bonds is 9. The standard InChI is InChI=1S/C26H32N2O6/c1-17(2)33-20-8-6-19(7-9-20)23-22(24(29)21-10-5-18(3)34-21)25(30)26(31)28(23)12-4-11-27-13-15-32-16-14-27/h5-10,17,23,30H,4,11-16H2,1-3H3. The van der Waals surface area contributed by atoms with Crippen molar-refractivity contribution in [1.29, 1.82) is 0 Å². The van der Waals surface area contributed by atoms with Crippen LogP contribution in [0.5, 0.6) is 5.75 Å². The van der Waals surface area contributed by atoms with Crippen molar-refractivity contribution in [2.24, 2.45) is 0 Å². The second-order valence-electron chi connectivity index (χ2n) is 9.08. The summed E-state index contributed by atoms with van der Waals surface area (Å²) in [5.74, 6) is -0.621. The Kier molecular flexibility index (Phi) is 7.38. The molecule has 0 spiro atoms. The second-order valence-corrected chi connectivity index (χ2v) is 9.08. The summed E-state index contributed by atoms with van der Waals surface area (Å²) in [4.78, 5) is 29.3. The molecule has 1 aromatic heterocycles. The van der Waals surface area contributed by atoms with Gasteiger partial charge in [0.1, 0.15) is 24.6 Å². The van der Waals surface area contributed by atoms with E-state index in [9.17, 15) is 14.7 Å². The fourth-order valence-electron chi connectivity index (χ4n) is 4.55. The summed E-state index contributed by atoms with van der Waals surface area (Å²) in [6.45, 7) is 10.2. The zero-order valence-electron chi connectivity index (χ0n) is 20.0. The van der Waals surface area contributed by atoms with Gasteiger partial charge in [-0.1, -0.05) is 12.1 Å². The highest BCUT2D eigenvalue weighted by Gasteiger charge is 2.40. The first kappa shape index (κ1) is 24.0. The van der Waals surface area contributed by atoms with Crippen LogP contribution in [0, 0.1) is 6.92 Å². The first-order valence-corrected chi connectivity index (χ1v) is 11.9. The SMILES string of the molecule is Cc1ccc(C(=O)C2=C([O-])C(=O)N(CCC[NH+]3CCOCC3)C2c2ccc(OC(C)C)cc2)o1. The number of nitrogens with zero attached hydrogens (tertiary/aromatic N) is 1. The van der Waals surface area contributed by atoms with Crippen molar-refractivity contribution in [3.8, 4) is 5.75 Å². The molecule has 2 aliphatic heterocycles. The lowest BCUT2D eigenvalue weighted by Gasteiger charge is -2.29. The average molecular weight is 469 g/mol. The molecule has 1 amide bonds. The van der Waals surface area contributed by atoms with Crippen molar-refractivity contribution < 1.29 is 33.5 Å². The van der Waals surface area contributed by atoms with Gasteiger partial charge in [-0.2, -0.15) is 0 Å². The van der Waals surface area contributed by atoms with Gasteiger partial charge in [0, 0.05) is 18.5 Å². The molecule has 1 unspecified atom stereocenters. The van der Waals surface area contributed by atoms with Crippen LogP contribution in [0.4, 0.5) is 0 Å². The molecule has 1 aromatic carbocycles. The monoisotopic (exact) mass is 468 g/mol. The van der Waals surface area contributed by atoms with E-state index in [1.807, 2.05) is 26.0 Å². The van der Waals surface area contributed by atoms with Crippen LogP contribution in [0.25, 0.3) is 0 Å². The number of ether oxygens (including phenoxy) is 2. The van der Waals surface area contributed by atoms with Gasteiger partial charge in [-0.25, -0.2) is 0 Å². The minimum atomic E-state index is -0.759. The maximum atomic E-state index is 13.3. The predicted molar refractivity (Wildman–Crippen MR) is 122 cm³/mol. The quantitative estimate of drug-likeness (QED) is 0.553. The van der Waals surface area contributed by atoms with Crippen LogP contribution in [-0.4, -0.2) is 62.1 Å². The minimum absolute atomic E-state index is 0.0190. The number of amides is 1. The molecule has 2 aliphatic rings. The molecule has 2 aromatic rings. The number of hydrogen-bond acceptors (Lipinski definition) is 6. The molecule has 182 valence electrons. The summed E-state index contributed by atoms with van der Waals surface area (Å²) < 4.78 is 16.6. The van der Waals surface area contributed by atoms with Crippen molar-refractivity contribution in [2.45, 2.75) is 39.3 Å². The topological polar surface area (TPSA) is 96.5 Å². The number of ketones is 1. The van der Waals surface area contributed by atoms with E-state index < -0.39 is 23.5 Å². The van der Waals surface area contributed by atoms with Crippen molar-refractivity contribution in [2.75, 3.05) is 39.4 Å². The minimum Gasteiger partial charge on any atom is -0.868 e. The summed E-state index contributed by atoms with van der Waals surface area (Å²) in [6, 6.07) is 9.69. The highest BCUT2D eigenvalue weighted by molar-refractivity contribution is 6.14. The molecule has 0 bridgehead atoms. The molecule has 34 heavy (non-hydrogen) atoms. The third-order valence-electron chi connectivity index (χ3n) is 6.19. The zero-order valence-corrected chi connectivity index (χ0v) is 20.0. The normalized spacial score (nSPS) is 19.4. The van der Waals surface area contributed by atoms with E-state index in [1.165, 1.54) is 9.80 Å². The van der Waals surface area contributed by atoms with Crippen LogP contribution >= 0.6 is 0 Å². The summed E-state index contributed by atoms with van der Waals surface area (Å²) in [5, 5.41) is 13.1. The van der Waals surface area contributed by atoms with Gasteiger partial charge in [0.25, 0.3) is 0 Å². The van der Waals surface area contributed by atoms with Gasteiger partial charge in [0.15, 0.2) is 5.76 Å². The van der Waals surface area contributed by atoms with E-state index in [2.05, 4.69) is 0 Å². The van der Waals surface area contributed by atoms with Gasteiger partial charge in [-0.3, -0.25) is 9.59 Å². The smallest absolute Gasteiger partial charge is 0.239 e. The third kappa shape index (κ3) is 5.18. The summed E-state index contributed by atoms with van der Waals surface area (Å²) >= 11 is 0. The molecular formula is C26H32N2O6. The molecule has 1 atom stereocenters. The Bertz CT molecular complexity index is 1050. The van der Waals surface area contributed by atoms with Gasteiger partial charge in [-0.15, -0.1) is 0 Å². The van der Waals surface area contributed by atoms with E-state index in [0.717, 1.165) is 39.3 Å². The number of nitrogens with one attached hydrogen (secondary N) is 1. The summed E-state index contributed by atoms with van der Waals surface area (Å²) in [5.41, 5.74) is 0.635. The molecule has 1 fully saturated rings.